The number of hydrogen-bond donors (Lipinski definition) is 0. The van der Waals surface area contributed by atoms with Crippen LogP contribution in [0.25, 0.3) is 0 Å². The van der Waals surface area contributed by atoms with Gasteiger partial charge < -0.3 is 14.2 Å². The predicted molar refractivity (Wildman–Crippen MR) is 137 cm³/mol. The number of imidazole rings is 1. The van der Waals surface area contributed by atoms with Crippen LogP contribution in [0.15, 0.2) is 35.6 Å². The van der Waals surface area contributed by atoms with Crippen LogP contribution in [0.1, 0.15) is 44.5 Å². The van der Waals surface area contributed by atoms with E-state index in [1.165, 1.54) is 0 Å². The SMILES string of the molecule is Cc1ccccc1CS(=O)(=O)c1ncc(CN(CCN2CCOCC2)C(=O)C(C)C)n1CC(C)C. The van der Waals surface area contributed by atoms with Crippen LogP contribution in [-0.2, 0) is 38.2 Å². The summed E-state index contributed by atoms with van der Waals surface area (Å²) in [5.41, 5.74) is 2.46. The van der Waals surface area contributed by atoms with E-state index in [-0.39, 0.29) is 28.7 Å². The Morgan fingerprint density at radius 1 is 1.14 bits per heavy atom. The molecule has 194 valence electrons. The number of aryl methyl sites for hydroxylation is 1. The van der Waals surface area contributed by atoms with Gasteiger partial charge in [0.15, 0.2) is 0 Å². The first-order valence-electron chi connectivity index (χ1n) is 12.5. The standard InChI is InChI=1S/C26H40N4O4S/c1-20(2)17-30-24(16-27-26(30)35(32,33)19-23-9-7-6-8-22(23)5)18-29(25(31)21(3)4)11-10-28-12-14-34-15-13-28/h6-9,16,20-21H,10-15,17-19H2,1-5H3. The van der Waals surface area contributed by atoms with Crippen LogP contribution in [0.2, 0.25) is 0 Å². The Morgan fingerprint density at radius 2 is 1.83 bits per heavy atom. The molecule has 0 N–H and O–H groups in total. The van der Waals surface area contributed by atoms with Crippen LogP contribution in [-0.4, -0.2) is 73.1 Å². The summed E-state index contributed by atoms with van der Waals surface area (Å²) in [5.74, 6) is 0.0307. The molecule has 8 nitrogen and oxygen atoms in total. The van der Waals surface area contributed by atoms with Crippen molar-refractivity contribution in [3.8, 4) is 0 Å². The molecule has 1 aliphatic rings. The molecule has 9 heteroatoms. The predicted octanol–water partition coefficient (Wildman–Crippen LogP) is 3.14. The Kier molecular flexibility index (Phi) is 9.49. The van der Waals surface area contributed by atoms with Gasteiger partial charge in [0.1, 0.15) is 0 Å². The van der Waals surface area contributed by atoms with Gasteiger partial charge in [0.25, 0.3) is 0 Å². The van der Waals surface area contributed by atoms with Gasteiger partial charge in [0.05, 0.1) is 37.4 Å². The number of sulfone groups is 1. The van der Waals surface area contributed by atoms with Crippen molar-refractivity contribution in [2.24, 2.45) is 11.8 Å². The molecule has 35 heavy (non-hydrogen) atoms. The van der Waals surface area contributed by atoms with Crippen LogP contribution in [0.3, 0.4) is 0 Å². The minimum atomic E-state index is -3.67. The zero-order valence-corrected chi connectivity index (χ0v) is 22.6. The van der Waals surface area contributed by atoms with Crippen molar-refractivity contribution in [1.82, 2.24) is 19.4 Å². The van der Waals surface area contributed by atoms with Gasteiger partial charge in [-0.25, -0.2) is 13.4 Å². The molecule has 0 aliphatic carbocycles. The first kappa shape index (κ1) is 27.4. The van der Waals surface area contributed by atoms with Crippen LogP contribution in [0.5, 0.6) is 0 Å². The summed E-state index contributed by atoms with van der Waals surface area (Å²) < 4.78 is 34.1. The van der Waals surface area contributed by atoms with Gasteiger partial charge in [-0.3, -0.25) is 9.69 Å². The van der Waals surface area contributed by atoms with Crippen molar-refractivity contribution < 1.29 is 17.9 Å². The summed E-state index contributed by atoms with van der Waals surface area (Å²) in [6.07, 6.45) is 1.63. The van der Waals surface area contributed by atoms with Crippen LogP contribution in [0.4, 0.5) is 0 Å². The number of benzene rings is 1. The number of amides is 1. The monoisotopic (exact) mass is 504 g/mol. The van der Waals surface area contributed by atoms with Crippen molar-refractivity contribution in [2.75, 3.05) is 39.4 Å². The molecule has 1 amide bonds. The molecular formula is C26H40N4O4S. The second-order valence-corrected chi connectivity index (χ2v) is 12.0. The third kappa shape index (κ3) is 7.38. The summed E-state index contributed by atoms with van der Waals surface area (Å²) in [6.45, 7) is 15.1. The molecule has 1 aromatic heterocycles. The van der Waals surface area contributed by atoms with Gasteiger partial charge in [-0.2, -0.15) is 0 Å². The Morgan fingerprint density at radius 3 is 2.46 bits per heavy atom. The van der Waals surface area contributed by atoms with Crippen molar-refractivity contribution >= 4 is 15.7 Å². The highest BCUT2D eigenvalue weighted by molar-refractivity contribution is 7.90. The molecule has 1 aliphatic heterocycles. The van der Waals surface area contributed by atoms with E-state index in [2.05, 4.69) is 23.7 Å². The van der Waals surface area contributed by atoms with Gasteiger partial charge in [-0.15, -0.1) is 0 Å². The highest BCUT2D eigenvalue weighted by atomic mass is 32.2. The molecule has 1 saturated heterocycles. The van der Waals surface area contributed by atoms with E-state index in [1.807, 2.05) is 49.9 Å². The largest absolute Gasteiger partial charge is 0.379 e. The van der Waals surface area contributed by atoms with Gasteiger partial charge in [-0.1, -0.05) is 52.0 Å². The molecule has 0 bridgehead atoms. The zero-order valence-electron chi connectivity index (χ0n) is 21.7. The Bertz CT molecular complexity index is 1090. The summed E-state index contributed by atoms with van der Waals surface area (Å²) in [7, 11) is -3.67. The lowest BCUT2D eigenvalue weighted by molar-refractivity contribution is -0.135. The maximum atomic E-state index is 13.4. The number of ether oxygens (including phenoxy) is 1. The molecule has 2 aromatic rings. The normalized spacial score (nSPS) is 15.2. The van der Waals surface area contributed by atoms with Crippen molar-refractivity contribution in [3.05, 3.63) is 47.3 Å². The summed E-state index contributed by atoms with van der Waals surface area (Å²) in [6, 6.07) is 7.52. The highest BCUT2D eigenvalue weighted by Gasteiger charge is 2.27. The first-order chi connectivity index (χ1) is 16.6. The van der Waals surface area contributed by atoms with Gasteiger partial charge in [0.2, 0.25) is 20.9 Å². The molecular weight excluding hydrogens is 464 g/mol. The average molecular weight is 505 g/mol. The highest BCUT2D eigenvalue weighted by Crippen LogP contribution is 2.22. The molecule has 0 unspecified atom stereocenters. The maximum Gasteiger partial charge on any atom is 0.228 e. The third-order valence-corrected chi connectivity index (χ3v) is 7.86. The third-order valence-electron chi connectivity index (χ3n) is 6.28. The van der Waals surface area contributed by atoms with E-state index < -0.39 is 9.84 Å². The van der Waals surface area contributed by atoms with Gasteiger partial charge >= 0.3 is 0 Å². The quantitative estimate of drug-likeness (QED) is 0.467. The molecule has 1 aromatic carbocycles. The van der Waals surface area contributed by atoms with Crippen molar-refractivity contribution in [2.45, 2.75) is 58.6 Å². The molecule has 1 fully saturated rings. The first-order valence-corrected chi connectivity index (χ1v) is 14.1. The lowest BCUT2D eigenvalue weighted by Gasteiger charge is -2.31. The molecule has 3 rings (SSSR count). The Labute approximate surface area is 210 Å². The number of hydrogen-bond acceptors (Lipinski definition) is 6. The lowest BCUT2D eigenvalue weighted by Crippen LogP contribution is -2.44. The Balaban J connectivity index is 1.87. The molecule has 2 heterocycles. The van der Waals surface area contributed by atoms with Crippen LogP contribution >= 0.6 is 0 Å². The molecule has 0 spiro atoms. The van der Waals surface area contributed by atoms with Gasteiger partial charge in [0, 0.05) is 38.6 Å². The van der Waals surface area contributed by atoms with E-state index in [4.69, 9.17) is 4.74 Å². The minimum Gasteiger partial charge on any atom is -0.379 e. The number of nitrogens with zero attached hydrogens (tertiary/aromatic N) is 4. The number of morpholine rings is 1. The fourth-order valence-electron chi connectivity index (χ4n) is 4.28. The lowest BCUT2D eigenvalue weighted by atomic mass is 10.1. The van der Waals surface area contributed by atoms with Crippen molar-refractivity contribution in [3.63, 3.8) is 0 Å². The van der Waals surface area contributed by atoms with E-state index in [9.17, 15) is 13.2 Å². The fourth-order valence-corrected chi connectivity index (χ4v) is 5.89. The fraction of sp³-hybridized carbons (Fsp3) is 0.615. The summed E-state index contributed by atoms with van der Waals surface area (Å²) in [5, 5.41) is 0.0783. The second kappa shape index (κ2) is 12.1. The number of carbonyl (C=O) groups is 1. The van der Waals surface area contributed by atoms with E-state index in [1.54, 1.807) is 10.8 Å². The summed E-state index contributed by atoms with van der Waals surface area (Å²) >= 11 is 0. The number of rotatable bonds is 11. The zero-order chi connectivity index (χ0) is 25.6. The Hall–Kier alpha value is -2.23. The van der Waals surface area contributed by atoms with Gasteiger partial charge in [-0.05, 0) is 24.0 Å². The van der Waals surface area contributed by atoms with Crippen LogP contribution in [0, 0.1) is 18.8 Å². The average Bonchev–Trinajstić information content (AvgIpc) is 3.20. The van der Waals surface area contributed by atoms with E-state index >= 15 is 0 Å². The smallest absolute Gasteiger partial charge is 0.228 e. The second-order valence-electron chi connectivity index (χ2n) is 10.1. The topological polar surface area (TPSA) is 84.7 Å². The van der Waals surface area contributed by atoms with Crippen molar-refractivity contribution in [1.29, 1.82) is 0 Å². The number of carbonyl (C=O) groups excluding carboxylic acids is 1. The van der Waals surface area contributed by atoms with E-state index in [0.717, 1.165) is 36.5 Å². The van der Waals surface area contributed by atoms with Crippen LogP contribution < -0.4 is 0 Å². The molecule has 0 atom stereocenters. The maximum absolute atomic E-state index is 13.4. The molecule has 0 radical (unpaired) electrons. The number of aromatic nitrogens is 2. The minimum absolute atomic E-state index is 0.0554. The van der Waals surface area contributed by atoms with E-state index in [0.29, 0.717) is 32.8 Å². The summed E-state index contributed by atoms with van der Waals surface area (Å²) in [4.78, 5) is 21.6. The molecule has 0 saturated carbocycles.